The molecule has 4 fully saturated rings. The number of rotatable bonds is 11. The van der Waals surface area contributed by atoms with Gasteiger partial charge in [-0.25, -0.2) is 19.6 Å². The van der Waals surface area contributed by atoms with Crippen LogP contribution < -0.4 is 10.6 Å². The topological polar surface area (TPSA) is 193 Å². The molecule has 4 saturated heterocycles. The van der Waals surface area contributed by atoms with Crippen molar-refractivity contribution in [3.05, 3.63) is 72.6 Å². The molecule has 4 aliphatic rings. The molecule has 2 aromatic carbocycles. The number of alkyl carbamates (subject to hydrolysis) is 2. The molecule has 0 saturated carbocycles. The van der Waals surface area contributed by atoms with Crippen LogP contribution in [0.5, 0.6) is 0 Å². The third kappa shape index (κ3) is 8.89. The fourth-order valence-corrected chi connectivity index (χ4v) is 9.21. The quantitative estimate of drug-likeness (QED) is 0.145. The Hall–Kier alpha value is -5.74. The first kappa shape index (κ1) is 41.0. The summed E-state index contributed by atoms with van der Waals surface area (Å²) in [6.07, 6.45) is 8.40. The Morgan fingerprint density at radius 1 is 0.600 bits per heavy atom. The summed E-state index contributed by atoms with van der Waals surface area (Å²) in [6, 6.07) is 14.7. The number of imidazole rings is 2. The maximum atomic E-state index is 14.0. The fraction of sp³-hybridized carbons (Fsp3) is 0.500. The highest BCUT2D eigenvalue weighted by Crippen LogP contribution is 2.36. The minimum atomic E-state index is -0.685. The second kappa shape index (κ2) is 18.7. The zero-order valence-corrected chi connectivity index (χ0v) is 34.2. The van der Waals surface area contributed by atoms with Crippen molar-refractivity contribution in [3.8, 4) is 33.6 Å². The number of amides is 4. The van der Waals surface area contributed by atoms with E-state index in [1.165, 1.54) is 14.2 Å². The van der Waals surface area contributed by atoms with Crippen LogP contribution in [0.2, 0.25) is 0 Å². The minimum absolute atomic E-state index is 0.0284. The lowest BCUT2D eigenvalue weighted by Crippen LogP contribution is -2.53. The van der Waals surface area contributed by atoms with Gasteiger partial charge in [0.25, 0.3) is 0 Å². The Bertz CT molecular complexity index is 1960. The van der Waals surface area contributed by atoms with E-state index in [9.17, 15) is 19.2 Å². The van der Waals surface area contributed by atoms with Gasteiger partial charge in [0.05, 0.1) is 50.1 Å². The fourth-order valence-electron chi connectivity index (χ4n) is 9.21. The van der Waals surface area contributed by atoms with Gasteiger partial charge in [-0.1, -0.05) is 48.5 Å². The molecule has 4 N–H and O–H groups in total. The van der Waals surface area contributed by atoms with Crippen LogP contribution in [0.4, 0.5) is 9.59 Å². The predicted molar refractivity (Wildman–Crippen MR) is 220 cm³/mol. The number of nitrogens with one attached hydrogen (secondary N) is 4. The van der Waals surface area contributed by atoms with Crippen molar-refractivity contribution in [2.45, 2.75) is 75.5 Å². The summed E-state index contributed by atoms with van der Waals surface area (Å²) in [5, 5.41) is 5.62. The van der Waals surface area contributed by atoms with Crippen LogP contribution in [-0.2, 0) is 28.5 Å². The number of aromatic nitrogens is 4. The Morgan fingerprint density at radius 2 is 0.967 bits per heavy atom. The summed E-state index contributed by atoms with van der Waals surface area (Å²) in [5.74, 6) is 1.16. The van der Waals surface area contributed by atoms with Crippen molar-refractivity contribution in [1.82, 2.24) is 40.4 Å². The molecule has 0 spiro atoms. The molecule has 8 rings (SSSR count). The summed E-state index contributed by atoms with van der Waals surface area (Å²) in [7, 11) is 2.61. The number of hydrogen-bond acceptors (Lipinski definition) is 10. The van der Waals surface area contributed by atoms with E-state index in [-0.39, 0.29) is 35.7 Å². The van der Waals surface area contributed by atoms with Gasteiger partial charge in [0.15, 0.2) is 0 Å². The number of ether oxygens (including phenoxy) is 4. The summed E-state index contributed by atoms with van der Waals surface area (Å²) < 4.78 is 20.8. The lowest BCUT2D eigenvalue weighted by atomic mass is 9.90. The molecule has 0 bridgehead atoms. The van der Waals surface area contributed by atoms with E-state index in [4.69, 9.17) is 28.9 Å². The van der Waals surface area contributed by atoms with E-state index in [0.29, 0.717) is 65.2 Å². The zero-order valence-electron chi connectivity index (χ0n) is 34.2. The summed E-state index contributed by atoms with van der Waals surface area (Å²) in [4.78, 5) is 72.5. The van der Waals surface area contributed by atoms with Crippen LogP contribution in [0, 0.1) is 11.8 Å². The van der Waals surface area contributed by atoms with E-state index < -0.39 is 24.3 Å². The Morgan fingerprint density at radius 3 is 1.33 bits per heavy atom. The highest BCUT2D eigenvalue weighted by atomic mass is 16.5. The molecule has 4 amide bonds. The summed E-state index contributed by atoms with van der Waals surface area (Å²) in [6.45, 7) is 3.41. The first-order chi connectivity index (χ1) is 29.3. The van der Waals surface area contributed by atoms with Crippen LogP contribution in [-0.4, -0.2) is 120 Å². The van der Waals surface area contributed by atoms with Crippen molar-refractivity contribution >= 4 is 24.0 Å². The number of nitrogens with zero attached hydrogens (tertiary/aromatic N) is 4. The van der Waals surface area contributed by atoms with Crippen molar-refractivity contribution < 1.29 is 38.1 Å². The molecule has 2 unspecified atom stereocenters. The monoisotopic (exact) mass is 822 g/mol. The van der Waals surface area contributed by atoms with Gasteiger partial charge >= 0.3 is 12.2 Å². The molecule has 0 aliphatic carbocycles. The van der Waals surface area contributed by atoms with Gasteiger partial charge in [0, 0.05) is 39.5 Å². The SMILES string of the molecule is COC(=O)NC(C(=O)N1CCCC1c1ncc(-c2ccc(-c3ccc(-c4cnc([C@@H]5CCCN5C(=O)[C@@H](NC(=O)OC)C5CCOCC5)[nH]4)cc3)cc2)[nH]1)C1CCOCC1. The van der Waals surface area contributed by atoms with Gasteiger partial charge in [-0.15, -0.1) is 0 Å². The Kier molecular flexibility index (Phi) is 12.8. The maximum Gasteiger partial charge on any atom is 0.407 e. The second-order valence-corrected chi connectivity index (χ2v) is 16.0. The normalized spacial score (nSPS) is 21.0. The smallest absolute Gasteiger partial charge is 0.407 e. The summed E-state index contributed by atoms with van der Waals surface area (Å²) >= 11 is 0. The first-order valence-electron chi connectivity index (χ1n) is 21.1. The number of aromatic amines is 2. The van der Waals surface area contributed by atoms with Crippen molar-refractivity contribution in [2.24, 2.45) is 11.8 Å². The van der Waals surface area contributed by atoms with Gasteiger partial charge in [0.1, 0.15) is 23.7 Å². The third-order valence-electron chi connectivity index (χ3n) is 12.5. The van der Waals surface area contributed by atoms with E-state index in [1.807, 2.05) is 22.2 Å². The van der Waals surface area contributed by atoms with E-state index in [1.54, 1.807) is 0 Å². The number of carbonyl (C=O) groups excluding carboxylic acids is 4. The van der Waals surface area contributed by atoms with E-state index in [0.717, 1.165) is 71.0 Å². The largest absolute Gasteiger partial charge is 0.453 e. The Labute approximate surface area is 349 Å². The lowest BCUT2D eigenvalue weighted by molar-refractivity contribution is -0.137. The summed E-state index contributed by atoms with van der Waals surface area (Å²) in [5.41, 5.74) is 5.77. The van der Waals surface area contributed by atoms with Crippen LogP contribution in [0.15, 0.2) is 60.9 Å². The number of benzene rings is 2. The molecule has 318 valence electrons. The third-order valence-corrected chi connectivity index (χ3v) is 12.5. The van der Waals surface area contributed by atoms with Crippen LogP contribution in [0.1, 0.15) is 75.1 Å². The lowest BCUT2D eigenvalue weighted by Gasteiger charge is -2.34. The predicted octanol–water partition coefficient (Wildman–Crippen LogP) is 5.76. The molecule has 4 aliphatic heterocycles. The van der Waals surface area contributed by atoms with Gasteiger partial charge in [-0.3, -0.25) is 9.59 Å². The number of methoxy groups -OCH3 is 2. The maximum absolute atomic E-state index is 14.0. The number of H-pyrrole nitrogens is 2. The molecule has 60 heavy (non-hydrogen) atoms. The molecule has 6 heterocycles. The van der Waals surface area contributed by atoms with Crippen molar-refractivity contribution in [3.63, 3.8) is 0 Å². The number of hydrogen-bond donors (Lipinski definition) is 4. The Balaban J connectivity index is 0.913. The van der Waals surface area contributed by atoms with Gasteiger partial charge in [-0.05, 0) is 85.5 Å². The first-order valence-corrected chi connectivity index (χ1v) is 21.1. The average molecular weight is 823 g/mol. The molecule has 16 nitrogen and oxygen atoms in total. The van der Waals surface area contributed by atoms with E-state index >= 15 is 0 Å². The molecule has 0 radical (unpaired) electrons. The molecule has 4 atom stereocenters. The van der Waals surface area contributed by atoms with Crippen LogP contribution in [0.25, 0.3) is 33.6 Å². The average Bonchev–Trinajstić information content (AvgIpc) is 4.15. The highest BCUT2D eigenvalue weighted by molar-refractivity contribution is 5.87. The van der Waals surface area contributed by atoms with Gasteiger partial charge in [0.2, 0.25) is 11.8 Å². The van der Waals surface area contributed by atoms with Crippen molar-refractivity contribution in [1.29, 1.82) is 0 Å². The van der Waals surface area contributed by atoms with Crippen molar-refractivity contribution in [2.75, 3.05) is 53.7 Å². The highest BCUT2D eigenvalue weighted by Gasteiger charge is 2.41. The van der Waals surface area contributed by atoms with Crippen LogP contribution in [0.3, 0.4) is 0 Å². The van der Waals surface area contributed by atoms with Gasteiger partial charge < -0.3 is 49.3 Å². The standard InChI is InChI=1S/C44H54N8O8/c1-57-43(55)49-37(31-15-21-59-22-16-31)41(53)51-19-3-5-35(51)39-45-25-33(47-39)29-11-7-27(8-12-29)28-9-13-30(14-10-28)34-26-46-40(48-34)36-6-4-20-52(36)42(54)38(50-44(56)58-2)32-17-23-60-24-18-32/h7-14,25-26,31-32,35-38H,3-6,15-24H2,1-2H3,(H,45,47)(H,46,48)(H,49,55)(H,50,56)/t35-,36?,37-,38?/m0/s1. The number of carbonyl (C=O) groups is 4. The number of likely N-dealkylation sites (tertiary alicyclic amines) is 2. The molecule has 16 heteroatoms. The molecule has 2 aromatic heterocycles. The van der Waals surface area contributed by atoms with Crippen LogP contribution >= 0.6 is 0 Å². The minimum Gasteiger partial charge on any atom is -0.453 e. The van der Waals surface area contributed by atoms with E-state index in [2.05, 4.69) is 69.1 Å². The molecule has 4 aromatic rings. The zero-order chi connectivity index (χ0) is 41.6. The molecular formula is C44H54N8O8. The molecular weight excluding hydrogens is 769 g/mol. The second-order valence-electron chi connectivity index (χ2n) is 16.0. The van der Waals surface area contributed by atoms with Gasteiger partial charge in [-0.2, -0.15) is 0 Å².